The van der Waals surface area contributed by atoms with Crippen molar-refractivity contribution >= 4 is 27.3 Å². The Morgan fingerprint density at radius 1 is 1.50 bits per heavy atom. The van der Waals surface area contributed by atoms with Gasteiger partial charge in [-0.15, -0.1) is 0 Å². The summed E-state index contributed by atoms with van der Waals surface area (Å²) in [6, 6.07) is 6.22. The Bertz CT molecular complexity index is 324. The van der Waals surface area contributed by atoms with Crippen LogP contribution in [0.25, 0.3) is 0 Å². The number of anilines is 2. The molecular formula is C10H13BrN2O. The summed E-state index contributed by atoms with van der Waals surface area (Å²) in [7, 11) is 0. The molecule has 1 unspecified atom stereocenters. The number of ether oxygens (including phenoxy) is 1. The molecule has 1 aliphatic heterocycles. The SMILES string of the molecule is Nc1ccc(Br)cc1NC1CCOC1. The maximum atomic E-state index is 5.84. The van der Waals surface area contributed by atoms with Gasteiger partial charge >= 0.3 is 0 Å². The summed E-state index contributed by atoms with van der Waals surface area (Å²) in [6.45, 7) is 1.61. The second kappa shape index (κ2) is 4.19. The fraction of sp³-hybridized carbons (Fsp3) is 0.400. The molecule has 1 aliphatic rings. The van der Waals surface area contributed by atoms with E-state index in [-0.39, 0.29) is 0 Å². The van der Waals surface area contributed by atoms with Gasteiger partial charge in [-0.3, -0.25) is 0 Å². The first-order chi connectivity index (χ1) is 6.75. The van der Waals surface area contributed by atoms with Crippen molar-refractivity contribution in [3.05, 3.63) is 22.7 Å². The minimum atomic E-state index is 0.395. The molecule has 2 rings (SSSR count). The first-order valence-electron chi connectivity index (χ1n) is 4.65. The maximum Gasteiger partial charge on any atom is 0.0668 e. The lowest BCUT2D eigenvalue weighted by molar-refractivity contribution is 0.195. The van der Waals surface area contributed by atoms with E-state index in [0.717, 1.165) is 35.5 Å². The molecule has 0 amide bonds. The molecule has 1 heterocycles. The van der Waals surface area contributed by atoms with Crippen LogP contribution in [0.1, 0.15) is 6.42 Å². The molecule has 3 nitrogen and oxygen atoms in total. The van der Waals surface area contributed by atoms with E-state index in [1.807, 2.05) is 18.2 Å². The van der Waals surface area contributed by atoms with E-state index in [2.05, 4.69) is 21.2 Å². The van der Waals surface area contributed by atoms with Crippen molar-refractivity contribution in [1.29, 1.82) is 0 Å². The molecule has 3 N–H and O–H groups in total. The van der Waals surface area contributed by atoms with E-state index in [1.54, 1.807) is 0 Å². The van der Waals surface area contributed by atoms with Crippen LogP contribution >= 0.6 is 15.9 Å². The molecule has 0 radical (unpaired) electrons. The summed E-state index contributed by atoms with van der Waals surface area (Å²) in [5, 5.41) is 3.37. The minimum Gasteiger partial charge on any atom is -0.397 e. The summed E-state index contributed by atoms with van der Waals surface area (Å²) in [4.78, 5) is 0. The smallest absolute Gasteiger partial charge is 0.0668 e. The number of hydrogen-bond acceptors (Lipinski definition) is 3. The molecule has 0 aliphatic carbocycles. The Hall–Kier alpha value is -0.740. The molecule has 4 heteroatoms. The average Bonchev–Trinajstić information content (AvgIpc) is 2.64. The van der Waals surface area contributed by atoms with E-state index in [1.165, 1.54) is 0 Å². The van der Waals surface area contributed by atoms with E-state index in [0.29, 0.717) is 6.04 Å². The normalized spacial score (nSPS) is 21.1. The highest BCUT2D eigenvalue weighted by molar-refractivity contribution is 9.10. The van der Waals surface area contributed by atoms with Crippen molar-refractivity contribution in [2.24, 2.45) is 0 Å². The first kappa shape index (κ1) is 9.80. The van der Waals surface area contributed by atoms with Crippen LogP contribution in [0, 0.1) is 0 Å². The number of halogens is 1. The zero-order valence-electron chi connectivity index (χ0n) is 7.79. The second-order valence-electron chi connectivity index (χ2n) is 3.44. The second-order valence-corrected chi connectivity index (χ2v) is 4.35. The molecule has 14 heavy (non-hydrogen) atoms. The van der Waals surface area contributed by atoms with Crippen molar-refractivity contribution in [3.8, 4) is 0 Å². The molecule has 1 saturated heterocycles. The Morgan fingerprint density at radius 3 is 3.07 bits per heavy atom. The van der Waals surface area contributed by atoms with Gasteiger partial charge in [-0.05, 0) is 24.6 Å². The predicted molar refractivity (Wildman–Crippen MR) is 61.4 cm³/mol. The molecule has 76 valence electrons. The first-order valence-corrected chi connectivity index (χ1v) is 5.44. The lowest BCUT2D eigenvalue weighted by Gasteiger charge is -2.14. The van der Waals surface area contributed by atoms with Crippen molar-refractivity contribution in [1.82, 2.24) is 0 Å². The zero-order chi connectivity index (χ0) is 9.97. The van der Waals surface area contributed by atoms with Gasteiger partial charge in [0.05, 0.1) is 24.0 Å². The highest BCUT2D eigenvalue weighted by Gasteiger charge is 2.15. The highest BCUT2D eigenvalue weighted by atomic mass is 79.9. The Balaban J connectivity index is 2.10. The number of nitrogens with two attached hydrogens (primary N) is 1. The van der Waals surface area contributed by atoms with Crippen molar-refractivity contribution in [2.75, 3.05) is 24.3 Å². The van der Waals surface area contributed by atoms with E-state index in [4.69, 9.17) is 10.5 Å². The van der Waals surface area contributed by atoms with Crippen LogP contribution in [0.2, 0.25) is 0 Å². The highest BCUT2D eigenvalue weighted by Crippen LogP contribution is 2.25. The lowest BCUT2D eigenvalue weighted by atomic mass is 10.2. The molecule has 0 aromatic heterocycles. The fourth-order valence-corrected chi connectivity index (χ4v) is 1.88. The van der Waals surface area contributed by atoms with Crippen LogP contribution in [-0.2, 0) is 4.74 Å². The summed E-state index contributed by atoms with van der Waals surface area (Å²) in [5.41, 5.74) is 7.60. The monoisotopic (exact) mass is 256 g/mol. The third-order valence-electron chi connectivity index (χ3n) is 2.30. The van der Waals surface area contributed by atoms with Gasteiger partial charge in [-0.2, -0.15) is 0 Å². The summed E-state index contributed by atoms with van der Waals surface area (Å²) >= 11 is 3.42. The van der Waals surface area contributed by atoms with Gasteiger partial charge < -0.3 is 15.8 Å². The molecule has 1 aromatic carbocycles. The van der Waals surface area contributed by atoms with Crippen LogP contribution in [-0.4, -0.2) is 19.3 Å². The van der Waals surface area contributed by atoms with Crippen molar-refractivity contribution < 1.29 is 4.74 Å². The Morgan fingerprint density at radius 2 is 2.36 bits per heavy atom. The van der Waals surface area contributed by atoms with Gasteiger partial charge in [0.15, 0.2) is 0 Å². The number of benzene rings is 1. The van der Waals surface area contributed by atoms with Gasteiger partial charge in [-0.25, -0.2) is 0 Å². The molecule has 0 saturated carbocycles. The third kappa shape index (κ3) is 2.19. The van der Waals surface area contributed by atoms with Gasteiger partial charge in [0.1, 0.15) is 0 Å². The Kier molecular flexibility index (Phi) is 2.93. The van der Waals surface area contributed by atoms with Crippen LogP contribution in [0.15, 0.2) is 22.7 Å². The summed E-state index contributed by atoms with van der Waals surface area (Å²) in [5.74, 6) is 0. The predicted octanol–water partition coefficient (Wildman–Crippen LogP) is 2.23. The number of rotatable bonds is 2. The molecule has 1 atom stereocenters. The van der Waals surface area contributed by atoms with E-state index in [9.17, 15) is 0 Å². The quantitative estimate of drug-likeness (QED) is 0.799. The molecule has 1 aromatic rings. The van der Waals surface area contributed by atoms with E-state index < -0.39 is 0 Å². The van der Waals surface area contributed by atoms with Crippen molar-refractivity contribution in [2.45, 2.75) is 12.5 Å². The number of nitrogens with one attached hydrogen (secondary N) is 1. The van der Waals surface area contributed by atoms with Crippen LogP contribution < -0.4 is 11.1 Å². The van der Waals surface area contributed by atoms with Gasteiger partial charge in [0, 0.05) is 11.1 Å². The lowest BCUT2D eigenvalue weighted by Crippen LogP contribution is -2.19. The Labute approximate surface area is 91.8 Å². The largest absolute Gasteiger partial charge is 0.397 e. The number of hydrogen-bond donors (Lipinski definition) is 2. The van der Waals surface area contributed by atoms with Crippen LogP contribution in [0.5, 0.6) is 0 Å². The standard InChI is InChI=1S/C10H13BrN2O/c11-7-1-2-9(12)10(5-7)13-8-3-4-14-6-8/h1-2,5,8,13H,3-4,6,12H2. The molecule has 0 bridgehead atoms. The van der Waals surface area contributed by atoms with Crippen LogP contribution in [0.3, 0.4) is 0 Å². The average molecular weight is 257 g/mol. The van der Waals surface area contributed by atoms with Crippen LogP contribution in [0.4, 0.5) is 11.4 Å². The maximum absolute atomic E-state index is 5.84. The van der Waals surface area contributed by atoms with Gasteiger partial charge in [0.2, 0.25) is 0 Å². The topological polar surface area (TPSA) is 47.3 Å². The summed E-state index contributed by atoms with van der Waals surface area (Å²) in [6.07, 6.45) is 1.05. The third-order valence-corrected chi connectivity index (χ3v) is 2.80. The fourth-order valence-electron chi connectivity index (χ4n) is 1.52. The minimum absolute atomic E-state index is 0.395. The van der Waals surface area contributed by atoms with E-state index >= 15 is 0 Å². The number of nitrogen functional groups attached to an aromatic ring is 1. The zero-order valence-corrected chi connectivity index (χ0v) is 9.38. The van der Waals surface area contributed by atoms with Gasteiger partial charge in [-0.1, -0.05) is 15.9 Å². The molecule has 0 spiro atoms. The molecular weight excluding hydrogens is 244 g/mol. The van der Waals surface area contributed by atoms with Crippen molar-refractivity contribution in [3.63, 3.8) is 0 Å². The molecule has 1 fully saturated rings. The summed E-state index contributed by atoms with van der Waals surface area (Å²) < 4.78 is 6.32. The van der Waals surface area contributed by atoms with Gasteiger partial charge in [0.25, 0.3) is 0 Å².